The van der Waals surface area contributed by atoms with Gasteiger partial charge in [-0.3, -0.25) is 0 Å². The summed E-state index contributed by atoms with van der Waals surface area (Å²) >= 11 is 12.0. The van der Waals surface area contributed by atoms with Gasteiger partial charge in [0.1, 0.15) is 0 Å². The van der Waals surface area contributed by atoms with Crippen molar-refractivity contribution in [3.63, 3.8) is 0 Å². The quantitative estimate of drug-likeness (QED) is 0.724. The Labute approximate surface area is 118 Å². The highest BCUT2D eigenvalue weighted by Gasteiger charge is 2.15. The van der Waals surface area contributed by atoms with Gasteiger partial charge in [0.15, 0.2) is 0 Å². The standard InChI is InChI=1S/C13H19Cl2NO2/c1-9(4-3-7-17)16-8-12(18)13-10(14)5-2-6-11(13)15/h2,5-6,9,12,16-18H,3-4,7-8H2,1H3. The van der Waals surface area contributed by atoms with Gasteiger partial charge in [0, 0.05) is 34.8 Å². The normalized spacial score (nSPS) is 14.5. The van der Waals surface area contributed by atoms with E-state index in [1.807, 2.05) is 6.92 Å². The highest BCUT2D eigenvalue weighted by molar-refractivity contribution is 6.36. The number of hydrogen-bond acceptors (Lipinski definition) is 3. The molecule has 18 heavy (non-hydrogen) atoms. The van der Waals surface area contributed by atoms with Crippen LogP contribution in [0.4, 0.5) is 0 Å². The zero-order valence-electron chi connectivity index (χ0n) is 10.4. The van der Waals surface area contributed by atoms with Gasteiger partial charge in [-0.2, -0.15) is 0 Å². The first kappa shape index (κ1) is 15.7. The number of rotatable bonds is 7. The Bertz CT molecular complexity index is 354. The first-order chi connectivity index (χ1) is 8.56. The fraction of sp³-hybridized carbons (Fsp3) is 0.538. The van der Waals surface area contributed by atoms with Crippen molar-refractivity contribution < 1.29 is 10.2 Å². The summed E-state index contributed by atoms with van der Waals surface area (Å²) in [6.07, 6.45) is 0.874. The minimum absolute atomic E-state index is 0.185. The van der Waals surface area contributed by atoms with Crippen molar-refractivity contribution in [2.24, 2.45) is 0 Å². The number of hydrogen-bond donors (Lipinski definition) is 3. The molecule has 0 saturated carbocycles. The molecule has 0 fully saturated rings. The van der Waals surface area contributed by atoms with Crippen LogP contribution in [0, 0.1) is 0 Å². The molecule has 1 rings (SSSR count). The third-order valence-corrected chi connectivity index (χ3v) is 3.45. The fourth-order valence-electron chi connectivity index (χ4n) is 1.74. The first-order valence-corrected chi connectivity index (χ1v) is 6.78. The molecule has 2 unspecified atom stereocenters. The number of nitrogens with one attached hydrogen (secondary N) is 1. The molecular weight excluding hydrogens is 273 g/mol. The lowest BCUT2D eigenvalue weighted by Gasteiger charge is -2.18. The lowest BCUT2D eigenvalue weighted by Crippen LogP contribution is -2.30. The van der Waals surface area contributed by atoms with E-state index in [0.717, 1.165) is 12.8 Å². The van der Waals surface area contributed by atoms with Gasteiger partial charge in [0.05, 0.1) is 6.10 Å². The number of benzene rings is 1. The maximum atomic E-state index is 10.1. The van der Waals surface area contributed by atoms with E-state index in [-0.39, 0.29) is 12.6 Å². The molecule has 5 heteroatoms. The number of halogens is 2. The average Bonchev–Trinajstić information content (AvgIpc) is 2.33. The third kappa shape index (κ3) is 4.75. The summed E-state index contributed by atoms with van der Waals surface area (Å²) in [6.45, 7) is 2.58. The largest absolute Gasteiger partial charge is 0.396 e. The second-order valence-corrected chi connectivity index (χ2v) is 5.14. The molecule has 0 bridgehead atoms. The van der Waals surface area contributed by atoms with E-state index in [2.05, 4.69) is 5.32 Å². The van der Waals surface area contributed by atoms with Crippen LogP contribution in [0.1, 0.15) is 31.4 Å². The summed E-state index contributed by atoms with van der Waals surface area (Å²) in [6, 6.07) is 5.40. The summed E-state index contributed by atoms with van der Waals surface area (Å²) in [7, 11) is 0. The Morgan fingerprint density at radius 1 is 1.28 bits per heavy atom. The van der Waals surface area contributed by atoms with E-state index in [1.165, 1.54) is 0 Å². The lowest BCUT2D eigenvalue weighted by molar-refractivity contribution is 0.169. The Kier molecular flexibility index (Phi) is 6.97. The molecule has 1 aromatic carbocycles. The Morgan fingerprint density at radius 2 is 1.89 bits per heavy atom. The molecular formula is C13H19Cl2NO2. The summed E-state index contributed by atoms with van der Waals surface area (Å²) < 4.78 is 0. The molecule has 0 spiro atoms. The molecule has 0 heterocycles. The van der Waals surface area contributed by atoms with Crippen molar-refractivity contribution in [1.29, 1.82) is 0 Å². The van der Waals surface area contributed by atoms with Gasteiger partial charge < -0.3 is 15.5 Å². The second-order valence-electron chi connectivity index (χ2n) is 4.33. The van der Waals surface area contributed by atoms with Crippen LogP contribution in [0.5, 0.6) is 0 Å². The van der Waals surface area contributed by atoms with E-state index < -0.39 is 6.10 Å². The minimum atomic E-state index is -0.734. The van der Waals surface area contributed by atoms with Gasteiger partial charge >= 0.3 is 0 Å². The van der Waals surface area contributed by atoms with Gasteiger partial charge in [-0.25, -0.2) is 0 Å². The molecule has 0 aliphatic carbocycles. The Morgan fingerprint density at radius 3 is 2.44 bits per heavy atom. The predicted octanol–water partition coefficient (Wildman–Crippen LogP) is 2.78. The molecule has 102 valence electrons. The van der Waals surface area contributed by atoms with E-state index in [4.69, 9.17) is 28.3 Å². The van der Waals surface area contributed by atoms with Crippen LogP contribution >= 0.6 is 23.2 Å². The molecule has 0 aliphatic heterocycles. The van der Waals surface area contributed by atoms with E-state index in [1.54, 1.807) is 18.2 Å². The highest BCUT2D eigenvalue weighted by atomic mass is 35.5. The maximum Gasteiger partial charge on any atom is 0.0943 e. The SMILES string of the molecule is CC(CCCO)NCC(O)c1c(Cl)cccc1Cl. The summed E-state index contributed by atoms with van der Waals surface area (Å²) in [5.41, 5.74) is 0.558. The molecule has 0 aliphatic rings. The predicted molar refractivity (Wildman–Crippen MR) is 75.2 cm³/mol. The summed E-state index contributed by atoms with van der Waals surface area (Å²) in [4.78, 5) is 0. The monoisotopic (exact) mass is 291 g/mol. The van der Waals surface area contributed by atoms with Crippen molar-refractivity contribution in [2.75, 3.05) is 13.2 Å². The van der Waals surface area contributed by atoms with Crippen LogP contribution in [0.15, 0.2) is 18.2 Å². The van der Waals surface area contributed by atoms with Crippen molar-refractivity contribution in [3.05, 3.63) is 33.8 Å². The van der Waals surface area contributed by atoms with E-state index >= 15 is 0 Å². The van der Waals surface area contributed by atoms with Crippen LogP contribution in [0.2, 0.25) is 10.0 Å². The molecule has 1 aromatic rings. The van der Waals surface area contributed by atoms with Crippen molar-refractivity contribution in [3.8, 4) is 0 Å². The topological polar surface area (TPSA) is 52.5 Å². The van der Waals surface area contributed by atoms with E-state index in [0.29, 0.717) is 22.2 Å². The van der Waals surface area contributed by atoms with E-state index in [9.17, 15) is 5.11 Å². The van der Waals surface area contributed by atoms with Crippen molar-refractivity contribution in [2.45, 2.75) is 31.9 Å². The van der Waals surface area contributed by atoms with Crippen LogP contribution < -0.4 is 5.32 Å². The molecule has 3 nitrogen and oxygen atoms in total. The lowest BCUT2D eigenvalue weighted by atomic mass is 10.1. The highest BCUT2D eigenvalue weighted by Crippen LogP contribution is 2.29. The Hall–Kier alpha value is -0.320. The summed E-state index contributed by atoms with van der Waals surface area (Å²) in [5.74, 6) is 0. The van der Waals surface area contributed by atoms with Gasteiger partial charge in [0.25, 0.3) is 0 Å². The third-order valence-electron chi connectivity index (χ3n) is 2.79. The first-order valence-electron chi connectivity index (χ1n) is 6.02. The van der Waals surface area contributed by atoms with Crippen LogP contribution in [-0.4, -0.2) is 29.4 Å². The zero-order chi connectivity index (χ0) is 13.5. The minimum Gasteiger partial charge on any atom is -0.396 e. The fourth-order valence-corrected chi connectivity index (χ4v) is 2.39. The van der Waals surface area contributed by atoms with Gasteiger partial charge in [-0.1, -0.05) is 29.3 Å². The molecule has 0 radical (unpaired) electrons. The van der Waals surface area contributed by atoms with Gasteiger partial charge in [0.2, 0.25) is 0 Å². The van der Waals surface area contributed by atoms with Crippen LogP contribution in [-0.2, 0) is 0 Å². The summed E-state index contributed by atoms with van der Waals surface area (Å²) in [5, 5.41) is 22.9. The Balaban J connectivity index is 2.52. The van der Waals surface area contributed by atoms with Crippen LogP contribution in [0.3, 0.4) is 0 Å². The van der Waals surface area contributed by atoms with Crippen LogP contribution in [0.25, 0.3) is 0 Å². The molecule has 0 aromatic heterocycles. The molecule has 2 atom stereocenters. The zero-order valence-corrected chi connectivity index (χ0v) is 11.9. The van der Waals surface area contributed by atoms with Crippen molar-refractivity contribution >= 4 is 23.2 Å². The molecule has 0 saturated heterocycles. The maximum absolute atomic E-state index is 10.1. The van der Waals surface area contributed by atoms with Gasteiger partial charge in [-0.05, 0) is 31.9 Å². The van der Waals surface area contributed by atoms with Crippen molar-refractivity contribution in [1.82, 2.24) is 5.32 Å². The number of aliphatic hydroxyl groups is 2. The van der Waals surface area contributed by atoms with Gasteiger partial charge in [-0.15, -0.1) is 0 Å². The molecule has 3 N–H and O–H groups in total. The molecule has 0 amide bonds. The second kappa shape index (κ2) is 7.97. The number of aliphatic hydroxyl groups excluding tert-OH is 2. The average molecular weight is 292 g/mol. The smallest absolute Gasteiger partial charge is 0.0943 e.